The molecule has 1 aliphatic heterocycles. The molecule has 1 saturated heterocycles. The summed E-state index contributed by atoms with van der Waals surface area (Å²) in [6, 6.07) is 0.0661. The molecule has 1 heterocycles. The summed E-state index contributed by atoms with van der Waals surface area (Å²) in [6.07, 6.45) is 2.86. The second kappa shape index (κ2) is 9.33. The average molecular weight is 315 g/mol. The molecule has 0 aromatic heterocycles. The van der Waals surface area contributed by atoms with Gasteiger partial charge >= 0.3 is 5.97 Å². The number of thiocarbonyl (C=S) groups is 1. The van der Waals surface area contributed by atoms with Gasteiger partial charge in [-0.05, 0) is 19.8 Å². The van der Waals surface area contributed by atoms with Crippen molar-refractivity contribution < 1.29 is 9.53 Å². The summed E-state index contributed by atoms with van der Waals surface area (Å²) in [4.78, 5) is 17.1. The van der Waals surface area contributed by atoms with E-state index in [4.69, 9.17) is 22.7 Å². The van der Waals surface area contributed by atoms with E-state index in [2.05, 4.69) is 16.7 Å². The summed E-state index contributed by atoms with van der Waals surface area (Å²) in [7, 11) is 0. The molecule has 0 aliphatic carbocycles. The number of hydrogen-bond donors (Lipinski definition) is 1. The van der Waals surface area contributed by atoms with Gasteiger partial charge in [0, 0.05) is 26.2 Å². The molecular formula is C15H29N3O2S. The monoisotopic (exact) mass is 315 g/mol. The number of piperazine rings is 1. The van der Waals surface area contributed by atoms with Crippen LogP contribution in [0.1, 0.15) is 40.0 Å². The van der Waals surface area contributed by atoms with Crippen molar-refractivity contribution in [3.05, 3.63) is 0 Å². The minimum atomic E-state index is -0.124. The molecule has 0 radical (unpaired) electrons. The van der Waals surface area contributed by atoms with E-state index in [9.17, 15) is 4.79 Å². The first-order valence-corrected chi connectivity index (χ1v) is 8.39. The number of nitrogens with two attached hydrogens (primary N) is 1. The highest BCUT2D eigenvalue weighted by Crippen LogP contribution is 2.15. The van der Waals surface area contributed by atoms with Crippen LogP contribution in [0.4, 0.5) is 0 Å². The van der Waals surface area contributed by atoms with E-state index in [0.29, 0.717) is 11.6 Å². The second-order valence-corrected chi connectivity index (χ2v) is 5.93. The average Bonchev–Trinajstić information content (AvgIpc) is 2.46. The Morgan fingerprint density at radius 2 is 1.67 bits per heavy atom. The third-order valence-corrected chi connectivity index (χ3v) is 4.34. The molecule has 0 saturated carbocycles. The smallest absolute Gasteiger partial charge is 0.323 e. The second-order valence-electron chi connectivity index (χ2n) is 5.45. The van der Waals surface area contributed by atoms with Crippen molar-refractivity contribution in [2.75, 3.05) is 32.8 Å². The number of rotatable bonds is 8. The van der Waals surface area contributed by atoms with E-state index in [1.165, 1.54) is 0 Å². The van der Waals surface area contributed by atoms with Crippen LogP contribution >= 0.6 is 12.2 Å². The summed E-state index contributed by atoms with van der Waals surface area (Å²) in [5.74, 6) is -0.104. The molecule has 0 spiro atoms. The number of esters is 1. The molecular weight excluding hydrogens is 286 g/mol. The fourth-order valence-electron chi connectivity index (χ4n) is 2.95. The lowest BCUT2D eigenvalue weighted by molar-refractivity contribution is -0.150. The fraction of sp³-hybridized carbons (Fsp3) is 0.867. The van der Waals surface area contributed by atoms with Crippen LogP contribution < -0.4 is 5.73 Å². The standard InChI is InChI=1S/C15H29N3O2S/c1-4-7-13(14(16)21)18-10-8-17(9-11-18)12(5-2)15(19)20-6-3/h12-13H,4-11H2,1-3H3,(H2,16,21). The number of ether oxygens (including phenoxy) is 1. The summed E-state index contributed by atoms with van der Waals surface area (Å²) in [5.41, 5.74) is 5.86. The zero-order valence-electron chi connectivity index (χ0n) is 13.5. The van der Waals surface area contributed by atoms with Gasteiger partial charge in [0.2, 0.25) is 0 Å². The van der Waals surface area contributed by atoms with Gasteiger partial charge < -0.3 is 10.5 Å². The van der Waals surface area contributed by atoms with Crippen molar-refractivity contribution in [3.8, 4) is 0 Å². The van der Waals surface area contributed by atoms with Crippen LogP contribution in [-0.4, -0.2) is 65.6 Å². The number of nitrogens with zero attached hydrogens (tertiary/aromatic N) is 2. The zero-order valence-corrected chi connectivity index (χ0v) is 14.3. The summed E-state index contributed by atoms with van der Waals surface area (Å²) >= 11 is 5.19. The van der Waals surface area contributed by atoms with Gasteiger partial charge in [0.05, 0.1) is 17.6 Å². The van der Waals surface area contributed by atoms with E-state index in [0.717, 1.165) is 45.4 Å². The lowest BCUT2D eigenvalue weighted by atomic mass is 10.1. The Morgan fingerprint density at radius 3 is 2.05 bits per heavy atom. The van der Waals surface area contributed by atoms with Crippen molar-refractivity contribution in [1.29, 1.82) is 0 Å². The van der Waals surface area contributed by atoms with E-state index in [-0.39, 0.29) is 18.1 Å². The lowest BCUT2D eigenvalue weighted by Gasteiger charge is -2.41. The summed E-state index contributed by atoms with van der Waals surface area (Å²) < 4.78 is 5.16. The van der Waals surface area contributed by atoms with Crippen molar-refractivity contribution in [2.24, 2.45) is 5.73 Å². The van der Waals surface area contributed by atoms with Crippen molar-refractivity contribution >= 4 is 23.2 Å². The molecule has 0 aromatic carbocycles. The quantitative estimate of drug-likeness (QED) is 0.540. The van der Waals surface area contributed by atoms with Crippen molar-refractivity contribution in [2.45, 2.75) is 52.1 Å². The van der Waals surface area contributed by atoms with Crippen LogP contribution in [0.15, 0.2) is 0 Å². The topological polar surface area (TPSA) is 58.8 Å². The molecule has 2 unspecified atom stereocenters. The molecule has 6 heteroatoms. The first kappa shape index (κ1) is 18.3. The van der Waals surface area contributed by atoms with Crippen LogP contribution in [0.25, 0.3) is 0 Å². The molecule has 1 rings (SSSR count). The molecule has 2 N–H and O–H groups in total. The van der Waals surface area contributed by atoms with Gasteiger partial charge in [-0.15, -0.1) is 0 Å². The third kappa shape index (κ3) is 5.20. The maximum absolute atomic E-state index is 12.0. The molecule has 5 nitrogen and oxygen atoms in total. The maximum atomic E-state index is 12.0. The predicted molar refractivity (Wildman–Crippen MR) is 89.3 cm³/mol. The van der Waals surface area contributed by atoms with Gasteiger partial charge in [-0.25, -0.2) is 0 Å². The predicted octanol–water partition coefficient (Wildman–Crippen LogP) is 1.40. The summed E-state index contributed by atoms with van der Waals surface area (Å²) in [6.45, 7) is 9.99. The van der Waals surface area contributed by atoms with Gasteiger partial charge in [0.1, 0.15) is 6.04 Å². The normalized spacial score (nSPS) is 20.0. The van der Waals surface area contributed by atoms with Crippen LogP contribution in [0.2, 0.25) is 0 Å². The largest absolute Gasteiger partial charge is 0.465 e. The molecule has 122 valence electrons. The lowest BCUT2D eigenvalue weighted by Crippen LogP contribution is -2.57. The number of hydrogen-bond acceptors (Lipinski definition) is 5. The molecule has 2 atom stereocenters. The van der Waals surface area contributed by atoms with E-state index < -0.39 is 0 Å². The van der Waals surface area contributed by atoms with E-state index >= 15 is 0 Å². The van der Waals surface area contributed by atoms with Crippen molar-refractivity contribution in [1.82, 2.24) is 9.80 Å². The third-order valence-electron chi connectivity index (χ3n) is 4.07. The fourth-order valence-corrected chi connectivity index (χ4v) is 3.22. The van der Waals surface area contributed by atoms with Crippen LogP contribution in [0.5, 0.6) is 0 Å². The van der Waals surface area contributed by atoms with Gasteiger partial charge in [-0.2, -0.15) is 0 Å². The van der Waals surface area contributed by atoms with Gasteiger partial charge in [-0.1, -0.05) is 32.5 Å². The van der Waals surface area contributed by atoms with E-state index in [1.807, 2.05) is 13.8 Å². The van der Waals surface area contributed by atoms with Gasteiger partial charge in [-0.3, -0.25) is 14.6 Å². The van der Waals surface area contributed by atoms with Gasteiger partial charge in [0.15, 0.2) is 0 Å². The molecule has 1 aliphatic rings. The minimum Gasteiger partial charge on any atom is -0.465 e. The Kier molecular flexibility index (Phi) is 8.14. The molecule has 0 bridgehead atoms. The first-order valence-electron chi connectivity index (χ1n) is 7.99. The molecule has 1 fully saturated rings. The summed E-state index contributed by atoms with van der Waals surface area (Å²) in [5, 5.41) is 0. The van der Waals surface area contributed by atoms with Crippen LogP contribution in [-0.2, 0) is 9.53 Å². The van der Waals surface area contributed by atoms with E-state index in [1.54, 1.807) is 0 Å². The first-order chi connectivity index (χ1) is 10.0. The Bertz CT molecular complexity index is 344. The SMILES string of the molecule is CCCC(C(N)=S)N1CCN(C(CC)C(=O)OCC)CC1. The van der Waals surface area contributed by atoms with Gasteiger partial charge in [0.25, 0.3) is 0 Å². The number of carbonyl (C=O) groups is 1. The highest BCUT2D eigenvalue weighted by atomic mass is 32.1. The maximum Gasteiger partial charge on any atom is 0.323 e. The molecule has 21 heavy (non-hydrogen) atoms. The van der Waals surface area contributed by atoms with Crippen LogP contribution in [0.3, 0.4) is 0 Å². The number of carbonyl (C=O) groups excluding carboxylic acids is 1. The Hall–Kier alpha value is -0.720. The molecule has 0 amide bonds. The zero-order chi connectivity index (χ0) is 15.8. The van der Waals surface area contributed by atoms with Crippen molar-refractivity contribution in [3.63, 3.8) is 0 Å². The van der Waals surface area contributed by atoms with Crippen LogP contribution in [0, 0.1) is 0 Å². The Balaban J connectivity index is 2.57. The Morgan fingerprint density at radius 1 is 1.14 bits per heavy atom. The highest BCUT2D eigenvalue weighted by Gasteiger charge is 2.31. The molecule has 0 aromatic rings. The minimum absolute atomic E-state index is 0.104. The highest BCUT2D eigenvalue weighted by molar-refractivity contribution is 7.80. The Labute approximate surface area is 133 Å².